The van der Waals surface area contributed by atoms with Crippen molar-refractivity contribution in [3.05, 3.63) is 34.9 Å². The van der Waals surface area contributed by atoms with Gasteiger partial charge in [-0.3, -0.25) is 29.4 Å². The summed E-state index contributed by atoms with van der Waals surface area (Å²) in [7, 11) is 0. The van der Waals surface area contributed by atoms with Crippen LogP contribution in [0.2, 0.25) is 0 Å². The minimum absolute atomic E-state index is 0.135. The maximum Gasteiger partial charge on any atom is 0.317 e. The monoisotopic (exact) mass is 492 g/mol. The maximum absolute atomic E-state index is 12.9. The molecule has 0 aliphatic carbocycles. The summed E-state index contributed by atoms with van der Waals surface area (Å²) in [5.74, 6) is 5.46. The lowest BCUT2D eigenvalue weighted by molar-refractivity contribution is -0.139. The van der Waals surface area contributed by atoms with Crippen LogP contribution >= 0.6 is 0 Å². The highest BCUT2D eigenvalue weighted by Crippen LogP contribution is 2.28. The quantitative estimate of drug-likeness (QED) is 0.478. The highest BCUT2D eigenvalue weighted by Gasteiger charge is 2.39. The molecule has 0 radical (unpaired) electrons. The maximum atomic E-state index is 12.9. The Morgan fingerprint density at radius 2 is 1.78 bits per heavy atom. The van der Waals surface area contributed by atoms with E-state index in [0.717, 1.165) is 63.0 Å². The van der Waals surface area contributed by atoms with Gasteiger partial charge in [0.15, 0.2) is 0 Å². The molecule has 3 amide bonds. The Bertz CT molecular complexity index is 1120. The van der Waals surface area contributed by atoms with Gasteiger partial charge in [0, 0.05) is 49.1 Å². The van der Waals surface area contributed by atoms with Crippen molar-refractivity contribution in [3.8, 4) is 11.8 Å². The van der Waals surface area contributed by atoms with Gasteiger partial charge in [-0.15, -0.1) is 0 Å². The highest BCUT2D eigenvalue weighted by molar-refractivity contribution is 6.05. The first-order valence-electron chi connectivity index (χ1n) is 12.8. The predicted molar refractivity (Wildman–Crippen MR) is 131 cm³/mol. The second kappa shape index (κ2) is 10.4. The topological polar surface area (TPSA) is 110 Å². The van der Waals surface area contributed by atoms with Crippen molar-refractivity contribution < 1.29 is 24.3 Å². The predicted octanol–water partition coefficient (Wildman–Crippen LogP) is 1.06. The molecule has 5 rings (SSSR count). The summed E-state index contributed by atoms with van der Waals surface area (Å²) in [4.78, 5) is 53.6. The number of carboxylic acids is 1. The van der Waals surface area contributed by atoms with Crippen LogP contribution in [0.5, 0.6) is 0 Å². The largest absolute Gasteiger partial charge is 0.480 e. The first kappa shape index (κ1) is 24.5. The van der Waals surface area contributed by atoms with Gasteiger partial charge in [0.05, 0.1) is 6.54 Å². The number of likely N-dealkylation sites (tertiary alicyclic amines) is 2. The molecule has 0 aromatic heterocycles. The number of rotatable bonds is 4. The first-order chi connectivity index (χ1) is 17.4. The van der Waals surface area contributed by atoms with E-state index in [4.69, 9.17) is 5.11 Å². The smallest absolute Gasteiger partial charge is 0.317 e. The van der Waals surface area contributed by atoms with E-state index in [2.05, 4.69) is 22.1 Å². The van der Waals surface area contributed by atoms with Crippen molar-refractivity contribution >= 4 is 23.7 Å². The number of carbonyl (C=O) groups excluding carboxylic acids is 3. The number of aliphatic carboxylic acids is 1. The number of hydrogen-bond acceptors (Lipinski definition) is 6. The number of hydrogen-bond donors (Lipinski definition) is 2. The zero-order chi connectivity index (χ0) is 25.2. The summed E-state index contributed by atoms with van der Waals surface area (Å²) in [6.07, 6.45) is 4.69. The summed E-state index contributed by atoms with van der Waals surface area (Å²) in [5.41, 5.74) is 2.36. The summed E-state index contributed by atoms with van der Waals surface area (Å²) in [6, 6.07) is 5.55. The van der Waals surface area contributed by atoms with E-state index < -0.39 is 17.9 Å². The van der Waals surface area contributed by atoms with Gasteiger partial charge in [0.2, 0.25) is 11.8 Å². The average Bonchev–Trinajstić information content (AvgIpc) is 3.18. The Balaban J connectivity index is 1.14. The molecule has 190 valence electrons. The Labute approximate surface area is 210 Å². The molecule has 9 nitrogen and oxygen atoms in total. The third-order valence-electron chi connectivity index (χ3n) is 7.91. The van der Waals surface area contributed by atoms with Crippen molar-refractivity contribution in [2.45, 2.75) is 57.2 Å². The second-order valence-electron chi connectivity index (χ2n) is 10.3. The van der Waals surface area contributed by atoms with Crippen LogP contribution in [0.4, 0.5) is 0 Å². The number of nitrogens with one attached hydrogen (secondary N) is 1. The molecule has 4 aliphatic heterocycles. The summed E-state index contributed by atoms with van der Waals surface area (Å²) < 4.78 is 0. The van der Waals surface area contributed by atoms with Crippen LogP contribution in [0, 0.1) is 17.8 Å². The van der Waals surface area contributed by atoms with Crippen LogP contribution in [-0.4, -0.2) is 88.3 Å². The van der Waals surface area contributed by atoms with Crippen LogP contribution in [0.1, 0.15) is 60.0 Å². The van der Waals surface area contributed by atoms with E-state index in [9.17, 15) is 19.2 Å². The SMILES string of the molecule is O=C(O)CN1CCC(N2CCC(C#Cc3ccc4c(c3)CN(C3CCC(=O)NC3=O)C4=O)CC2)CC1. The van der Waals surface area contributed by atoms with Crippen LogP contribution in [0.25, 0.3) is 0 Å². The summed E-state index contributed by atoms with van der Waals surface area (Å²) in [6.45, 7) is 4.22. The second-order valence-corrected chi connectivity index (χ2v) is 10.3. The fourth-order valence-corrected chi connectivity index (χ4v) is 5.88. The van der Waals surface area contributed by atoms with Crippen LogP contribution in [0.15, 0.2) is 18.2 Å². The van der Waals surface area contributed by atoms with Crippen molar-refractivity contribution in [3.63, 3.8) is 0 Å². The van der Waals surface area contributed by atoms with Crippen molar-refractivity contribution in [1.29, 1.82) is 0 Å². The van der Waals surface area contributed by atoms with Gasteiger partial charge in [0.1, 0.15) is 6.04 Å². The van der Waals surface area contributed by atoms with Crippen molar-refractivity contribution in [2.24, 2.45) is 5.92 Å². The Morgan fingerprint density at radius 1 is 1.03 bits per heavy atom. The molecule has 0 bridgehead atoms. The standard InChI is InChI=1S/C27H32N4O5/c32-24-6-5-23(26(35)28-24)31-16-20-15-19(3-4-22(20)27(31)36)2-1-18-7-13-30(14-8-18)21-9-11-29(12-10-21)17-25(33)34/h3-4,15,18,21,23H,5-14,16-17H2,(H,33,34)(H,28,32,35). The molecular formula is C27H32N4O5. The van der Waals surface area contributed by atoms with E-state index in [1.54, 1.807) is 11.0 Å². The molecule has 9 heteroatoms. The average molecular weight is 493 g/mol. The molecule has 4 heterocycles. The lowest BCUT2D eigenvalue weighted by atomic mass is 9.93. The molecular weight excluding hydrogens is 460 g/mol. The molecule has 36 heavy (non-hydrogen) atoms. The van der Waals surface area contributed by atoms with Gasteiger partial charge in [0.25, 0.3) is 5.91 Å². The number of fused-ring (bicyclic) bond motifs is 1. The van der Waals surface area contributed by atoms with E-state index in [-0.39, 0.29) is 24.8 Å². The number of piperidine rings is 3. The summed E-state index contributed by atoms with van der Waals surface area (Å²) >= 11 is 0. The van der Waals surface area contributed by atoms with Gasteiger partial charge >= 0.3 is 5.97 Å². The van der Waals surface area contributed by atoms with Gasteiger partial charge in [-0.1, -0.05) is 11.8 Å². The normalized spacial score (nSPS) is 24.3. The Morgan fingerprint density at radius 3 is 2.47 bits per heavy atom. The third-order valence-corrected chi connectivity index (χ3v) is 7.91. The first-order valence-corrected chi connectivity index (χ1v) is 12.8. The minimum Gasteiger partial charge on any atom is -0.480 e. The molecule has 4 aliphatic rings. The van der Waals surface area contributed by atoms with E-state index in [1.807, 2.05) is 17.0 Å². The van der Waals surface area contributed by atoms with Gasteiger partial charge in [-0.05, 0) is 69.0 Å². The van der Waals surface area contributed by atoms with E-state index in [1.165, 1.54) is 0 Å². The zero-order valence-electron chi connectivity index (χ0n) is 20.4. The molecule has 3 fully saturated rings. The van der Waals surface area contributed by atoms with Crippen molar-refractivity contribution in [1.82, 2.24) is 20.0 Å². The molecule has 1 unspecified atom stereocenters. The molecule has 3 saturated heterocycles. The minimum atomic E-state index is -0.755. The zero-order valence-corrected chi connectivity index (χ0v) is 20.4. The molecule has 2 N–H and O–H groups in total. The molecule has 1 atom stereocenters. The van der Waals surface area contributed by atoms with Crippen LogP contribution in [0.3, 0.4) is 0 Å². The molecule has 1 aromatic carbocycles. The van der Waals surface area contributed by atoms with Gasteiger partial charge < -0.3 is 14.9 Å². The number of amides is 3. The number of carbonyl (C=O) groups is 4. The molecule has 0 spiro atoms. The molecule has 1 aromatic rings. The number of carboxylic acid groups (broad SMARTS) is 1. The lowest BCUT2D eigenvalue weighted by Gasteiger charge is -2.40. The number of benzene rings is 1. The molecule has 0 saturated carbocycles. The van der Waals surface area contributed by atoms with Crippen LogP contribution in [-0.2, 0) is 20.9 Å². The highest BCUT2D eigenvalue weighted by atomic mass is 16.4. The third kappa shape index (κ3) is 5.30. The number of imide groups is 1. The van der Waals surface area contributed by atoms with E-state index >= 15 is 0 Å². The van der Waals surface area contributed by atoms with Gasteiger partial charge in [-0.2, -0.15) is 0 Å². The summed E-state index contributed by atoms with van der Waals surface area (Å²) in [5, 5.41) is 11.3. The number of nitrogens with zero attached hydrogens (tertiary/aromatic N) is 3. The fraction of sp³-hybridized carbons (Fsp3) is 0.556. The van der Waals surface area contributed by atoms with Crippen molar-refractivity contribution in [2.75, 3.05) is 32.7 Å². The lowest BCUT2D eigenvalue weighted by Crippen LogP contribution is -2.52. The van der Waals surface area contributed by atoms with Gasteiger partial charge in [-0.25, -0.2) is 0 Å². The van der Waals surface area contributed by atoms with Crippen LogP contribution < -0.4 is 5.32 Å². The van der Waals surface area contributed by atoms with E-state index in [0.29, 0.717) is 30.5 Å². The fourth-order valence-electron chi connectivity index (χ4n) is 5.88. The Kier molecular flexibility index (Phi) is 7.08. The Hall–Kier alpha value is -3.22.